The van der Waals surface area contributed by atoms with Crippen molar-refractivity contribution in [3.63, 3.8) is 0 Å². The molecule has 0 aromatic rings. The highest BCUT2D eigenvalue weighted by atomic mass is 16.5. The summed E-state index contributed by atoms with van der Waals surface area (Å²) in [6, 6.07) is -1.29. The Balaban J connectivity index is 3.08. The smallest absolute Gasteiger partial charge is 0.325 e. The molecule has 0 bridgehead atoms. The van der Waals surface area contributed by atoms with Crippen molar-refractivity contribution >= 4 is 23.7 Å². The van der Waals surface area contributed by atoms with Gasteiger partial charge in [0.05, 0.1) is 49.8 Å². The number of amides is 3. The number of nitrogens with zero attached hydrogens (tertiary/aromatic N) is 2. The number of likely N-dealkylation sites (N-methyl/N-ethyl adjacent to an activating group) is 1. The predicted molar refractivity (Wildman–Crippen MR) is 144 cm³/mol. The lowest BCUT2D eigenvalue weighted by Crippen LogP contribution is -2.56. The zero-order valence-corrected chi connectivity index (χ0v) is 24.7. The van der Waals surface area contributed by atoms with Crippen LogP contribution < -0.4 is 11.1 Å². The summed E-state index contributed by atoms with van der Waals surface area (Å²) >= 11 is 0. The fraction of sp³-hybridized carbons (Fsp3) is 0.852. The summed E-state index contributed by atoms with van der Waals surface area (Å²) in [5.74, 6) is -1.74. The second kappa shape index (κ2) is 16.0. The number of hydrogen-bond acceptors (Lipinski definition) is 8. The molecule has 3 amide bonds. The Morgan fingerprint density at radius 3 is 2.21 bits per heavy atom. The molecule has 1 aliphatic rings. The quantitative estimate of drug-likeness (QED) is 0.294. The van der Waals surface area contributed by atoms with E-state index in [0.717, 1.165) is 12.8 Å². The molecule has 0 saturated carbocycles. The first-order valence-corrected chi connectivity index (χ1v) is 13.6. The van der Waals surface area contributed by atoms with Crippen molar-refractivity contribution in [2.75, 3.05) is 41.5 Å². The average molecular weight is 543 g/mol. The zero-order chi connectivity index (χ0) is 29.2. The maximum atomic E-state index is 13.6. The van der Waals surface area contributed by atoms with Gasteiger partial charge in [0.2, 0.25) is 17.7 Å². The van der Waals surface area contributed by atoms with Crippen molar-refractivity contribution < 1.29 is 33.4 Å². The van der Waals surface area contributed by atoms with Gasteiger partial charge in [-0.2, -0.15) is 0 Å². The lowest BCUT2D eigenvalue weighted by Gasteiger charge is -2.40. The number of methoxy groups -OCH3 is 3. The minimum Gasteiger partial charge on any atom is -0.468 e. The molecule has 0 unspecified atom stereocenters. The van der Waals surface area contributed by atoms with Crippen LogP contribution in [0.2, 0.25) is 0 Å². The fourth-order valence-electron chi connectivity index (χ4n) is 5.22. The molecular formula is C27H50N4O7. The van der Waals surface area contributed by atoms with E-state index in [1.54, 1.807) is 30.9 Å². The van der Waals surface area contributed by atoms with Crippen LogP contribution in [0, 0.1) is 17.8 Å². The molecular weight excluding hydrogens is 492 g/mol. The number of ether oxygens (including phenoxy) is 3. The van der Waals surface area contributed by atoms with E-state index in [9.17, 15) is 19.2 Å². The topological polar surface area (TPSA) is 141 Å². The third kappa shape index (κ3) is 8.64. The number of likely N-dealkylation sites (tertiary alicyclic amines) is 1. The summed E-state index contributed by atoms with van der Waals surface area (Å²) in [4.78, 5) is 54.3. The molecule has 1 heterocycles. The summed E-state index contributed by atoms with van der Waals surface area (Å²) in [5.41, 5.74) is 6.17. The van der Waals surface area contributed by atoms with E-state index in [1.807, 2.05) is 27.7 Å². The summed E-state index contributed by atoms with van der Waals surface area (Å²) in [5, 5.41) is 2.57. The molecule has 1 fully saturated rings. The Hall–Kier alpha value is -2.24. The van der Waals surface area contributed by atoms with Crippen LogP contribution in [0.3, 0.4) is 0 Å². The lowest BCUT2D eigenvalue weighted by atomic mass is 9.89. The Morgan fingerprint density at radius 2 is 1.71 bits per heavy atom. The average Bonchev–Trinajstić information content (AvgIpc) is 3.39. The van der Waals surface area contributed by atoms with Gasteiger partial charge in [-0.25, -0.2) is 0 Å². The molecule has 1 rings (SSSR count). The number of nitrogens with one attached hydrogen (secondary N) is 1. The Morgan fingerprint density at radius 1 is 1.08 bits per heavy atom. The number of rotatable bonds is 15. The van der Waals surface area contributed by atoms with Crippen LogP contribution in [0.5, 0.6) is 0 Å². The first-order chi connectivity index (χ1) is 17.9. The second-order valence-corrected chi connectivity index (χ2v) is 10.7. The van der Waals surface area contributed by atoms with E-state index >= 15 is 0 Å². The van der Waals surface area contributed by atoms with E-state index in [1.165, 1.54) is 14.2 Å². The van der Waals surface area contributed by atoms with Crippen LogP contribution in [0.1, 0.15) is 60.3 Å². The van der Waals surface area contributed by atoms with Crippen LogP contribution >= 0.6 is 0 Å². The first kappa shape index (κ1) is 33.8. The molecule has 220 valence electrons. The standard InChI is InChI=1S/C27H50N4O7/c1-10-17(4)24(30(6)27(35)23(28)16(2)3)20(36-7)14-21(32)31-13-11-12-19(31)25(38-9)18(5)26(34)29-15-22(33)37-8/h16-20,23-25H,10-15,28H2,1-9H3,(H,29,34)/t17-,18+,19-,20+,23-,24-,25+/m0/s1. The van der Waals surface area contributed by atoms with Crippen molar-refractivity contribution in [1.82, 2.24) is 15.1 Å². The molecule has 1 saturated heterocycles. The van der Waals surface area contributed by atoms with E-state index < -0.39 is 30.1 Å². The van der Waals surface area contributed by atoms with Crippen LogP contribution in [-0.4, -0.2) is 105 Å². The van der Waals surface area contributed by atoms with E-state index in [4.69, 9.17) is 15.2 Å². The van der Waals surface area contributed by atoms with Crippen molar-refractivity contribution in [1.29, 1.82) is 0 Å². The minimum absolute atomic E-state index is 0.0201. The third-order valence-corrected chi connectivity index (χ3v) is 7.90. The molecule has 0 aliphatic carbocycles. The van der Waals surface area contributed by atoms with Gasteiger partial charge in [-0.3, -0.25) is 19.2 Å². The molecule has 11 heteroatoms. The molecule has 0 spiro atoms. The molecule has 1 aliphatic heterocycles. The molecule has 0 radical (unpaired) electrons. The molecule has 11 nitrogen and oxygen atoms in total. The summed E-state index contributed by atoms with van der Waals surface area (Å²) in [7, 11) is 6.06. The maximum Gasteiger partial charge on any atom is 0.325 e. The van der Waals surface area contributed by atoms with Gasteiger partial charge in [-0.15, -0.1) is 0 Å². The fourth-order valence-corrected chi connectivity index (χ4v) is 5.22. The van der Waals surface area contributed by atoms with Crippen molar-refractivity contribution in [3.05, 3.63) is 0 Å². The van der Waals surface area contributed by atoms with E-state index in [0.29, 0.717) is 13.0 Å². The van der Waals surface area contributed by atoms with Gasteiger partial charge >= 0.3 is 5.97 Å². The van der Waals surface area contributed by atoms with Crippen LogP contribution in [0.15, 0.2) is 0 Å². The van der Waals surface area contributed by atoms with Gasteiger partial charge < -0.3 is 35.1 Å². The molecule has 7 atom stereocenters. The van der Waals surface area contributed by atoms with Gasteiger partial charge in [0.1, 0.15) is 6.54 Å². The van der Waals surface area contributed by atoms with Crippen molar-refractivity contribution in [2.24, 2.45) is 23.5 Å². The van der Waals surface area contributed by atoms with Crippen LogP contribution in [0.25, 0.3) is 0 Å². The summed E-state index contributed by atoms with van der Waals surface area (Å²) in [6.07, 6.45) is 1.25. The summed E-state index contributed by atoms with van der Waals surface area (Å²) in [6.45, 7) is 9.92. The Kier molecular flexibility index (Phi) is 14.2. The normalized spacial score (nSPS) is 20.3. The predicted octanol–water partition coefficient (Wildman–Crippen LogP) is 1.18. The highest BCUT2D eigenvalue weighted by Gasteiger charge is 2.42. The van der Waals surface area contributed by atoms with Gasteiger partial charge in [-0.1, -0.05) is 41.0 Å². The SMILES string of the molecule is CC[C@H](C)[C@@H]([C@@H](CC(=O)N1CCC[C@H]1[C@H](OC)[C@@H](C)C(=O)NCC(=O)OC)OC)N(C)C(=O)[C@@H](N)C(C)C. The van der Waals surface area contributed by atoms with Gasteiger partial charge in [0, 0.05) is 27.8 Å². The lowest BCUT2D eigenvalue weighted by molar-refractivity contribution is -0.147. The van der Waals surface area contributed by atoms with Crippen LogP contribution in [0.4, 0.5) is 0 Å². The summed E-state index contributed by atoms with van der Waals surface area (Å²) < 4.78 is 16.1. The second-order valence-electron chi connectivity index (χ2n) is 10.7. The van der Waals surface area contributed by atoms with Crippen molar-refractivity contribution in [3.8, 4) is 0 Å². The largest absolute Gasteiger partial charge is 0.468 e. The van der Waals surface area contributed by atoms with Crippen molar-refractivity contribution in [2.45, 2.75) is 90.6 Å². The Labute approximate surface area is 228 Å². The van der Waals surface area contributed by atoms with Crippen LogP contribution in [-0.2, 0) is 33.4 Å². The third-order valence-electron chi connectivity index (χ3n) is 7.90. The number of carbonyl (C=O) groups is 4. The number of carbonyl (C=O) groups excluding carboxylic acids is 4. The van der Waals surface area contributed by atoms with E-state index in [-0.39, 0.29) is 54.6 Å². The highest BCUT2D eigenvalue weighted by molar-refractivity contribution is 5.84. The van der Waals surface area contributed by atoms with Gasteiger partial charge in [0.15, 0.2) is 0 Å². The van der Waals surface area contributed by atoms with Gasteiger partial charge in [0.25, 0.3) is 0 Å². The van der Waals surface area contributed by atoms with E-state index in [2.05, 4.69) is 10.1 Å². The molecule has 0 aromatic heterocycles. The molecule has 38 heavy (non-hydrogen) atoms. The number of hydrogen-bond donors (Lipinski definition) is 2. The molecule has 3 N–H and O–H groups in total. The molecule has 0 aromatic carbocycles. The highest BCUT2D eigenvalue weighted by Crippen LogP contribution is 2.29. The Bertz CT molecular complexity index is 793. The minimum atomic E-state index is -0.642. The number of esters is 1. The maximum absolute atomic E-state index is 13.6. The number of nitrogens with two attached hydrogens (primary N) is 1. The monoisotopic (exact) mass is 542 g/mol. The first-order valence-electron chi connectivity index (χ1n) is 13.6. The van der Waals surface area contributed by atoms with Gasteiger partial charge in [-0.05, 0) is 24.7 Å². The zero-order valence-electron chi connectivity index (χ0n) is 24.7.